The molecular formula is C13H16ClFN2O2. The second kappa shape index (κ2) is 6.73. The number of nitrogens with zero attached hydrogens (tertiary/aromatic N) is 1. The van der Waals surface area contributed by atoms with Gasteiger partial charge in [-0.3, -0.25) is 10.2 Å². The number of ether oxygens (including phenoxy) is 1. The van der Waals surface area contributed by atoms with Gasteiger partial charge in [0.25, 0.3) is 5.91 Å². The average molecular weight is 287 g/mol. The Kier molecular flexibility index (Phi) is 4.99. The van der Waals surface area contributed by atoms with Crippen molar-refractivity contribution in [2.24, 2.45) is 0 Å². The van der Waals surface area contributed by atoms with Gasteiger partial charge in [-0.2, -0.15) is 0 Å². The van der Waals surface area contributed by atoms with Gasteiger partial charge in [0.2, 0.25) is 0 Å². The summed E-state index contributed by atoms with van der Waals surface area (Å²) < 4.78 is 18.1. The fourth-order valence-electron chi connectivity index (χ4n) is 1.95. The molecule has 1 aromatic rings. The lowest BCUT2D eigenvalue weighted by atomic mass is 10.2. The standard InChI is InChI=1S/C13H16ClFN2O2/c14-11-8-10(15)4-5-12(11)19-9-13(18)16-17-6-2-1-3-7-17/h4-5,8H,1-3,6-7,9H2,(H,16,18). The largest absolute Gasteiger partial charge is 0.482 e. The zero-order chi connectivity index (χ0) is 13.7. The molecule has 104 valence electrons. The van der Waals surface area contributed by atoms with Crippen LogP contribution in [0.2, 0.25) is 5.02 Å². The minimum absolute atomic E-state index is 0.137. The van der Waals surface area contributed by atoms with Gasteiger partial charge in [-0.15, -0.1) is 0 Å². The first-order valence-electron chi connectivity index (χ1n) is 6.27. The first kappa shape index (κ1) is 14.1. The molecule has 0 atom stereocenters. The van der Waals surface area contributed by atoms with Crippen LogP contribution in [0.5, 0.6) is 5.75 Å². The van der Waals surface area contributed by atoms with Gasteiger partial charge < -0.3 is 4.74 Å². The van der Waals surface area contributed by atoms with Crippen molar-refractivity contribution in [3.8, 4) is 5.75 Å². The number of halogens is 2. The molecule has 0 unspecified atom stereocenters. The lowest BCUT2D eigenvalue weighted by Gasteiger charge is -2.26. The summed E-state index contributed by atoms with van der Waals surface area (Å²) in [7, 11) is 0. The predicted octanol–water partition coefficient (Wildman–Crippen LogP) is 2.38. The van der Waals surface area contributed by atoms with Gasteiger partial charge in [0, 0.05) is 13.1 Å². The fraction of sp³-hybridized carbons (Fsp3) is 0.462. The highest BCUT2D eigenvalue weighted by Gasteiger charge is 2.13. The Bertz CT molecular complexity index is 450. The minimum Gasteiger partial charge on any atom is -0.482 e. The van der Waals surface area contributed by atoms with Crippen LogP contribution in [0, 0.1) is 5.82 Å². The van der Waals surface area contributed by atoms with Gasteiger partial charge in [-0.05, 0) is 31.0 Å². The summed E-state index contributed by atoms with van der Waals surface area (Å²) in [5.41, 5.74) is 2.77. The summed E-state index contributed by atoms with van der Waals surface area (Å²) in [6.07, 6.45) is 3.38. The fourth-order valence-corrected chi connectivity index (χ4v) is 2.17. The van der Waals surface area contributed by atoms with Gasteiger partial charge in [0.1, 0.15) is 11.6 Å². The van der Waals surface area contributed by atoms with Gasteiger partial charge >= 0.3 is 0 Å². The van der Waals surface area contributed by atoms with Crippen LogP contribution >= 0.6 is 11.6 Å². The van der Waals surface area contributed by atoms with Crippen molar-refractivity contribution in [1.29, 1.82) is 0 Å². The molecule has 0 spiro atoms. The van der Waals surface area contributed by atoms with Crippen LogP contribution in [0.3, 0.4) is 0 Å². The first-order valence-corrected chi connectivity index (χ1v) is 6.65. The van der Waals surface area contributed by atoms with Gasteiger partial charge in [0.15, 0.2) is 6.61 Å². The van der Waals surface area contributed by atoms with Crippen molar-refractivity contribution in [3.63, 3.8) is 0 Å². The molecule has 1 aromatic carbocycles. The molecule has 4 nitrogen and oxygen atoms in total. The summed E-state index contributed by atoms with van der Waals surface area (Å²) in [6.45, 7) is 1.59. The molecule has 1 N–H and O–H groups in total. The molecule has 1 amide bonds. The number of hydrogen-bond donors (Lipinski definition) is 1. The van der Waals surface area contributed by atoms with E-state index in [2.05, 4.69) is 5.43 Å². The second-order valence-electron chi connectivity index (χ2n) is 4.45. The number of carbonyl (C=O) groups is 1. The lowest BCUT2D eigenvalue weighted by molar-refractivity contribution is -0.128. The molecule has 1 aliphatic rings. The van der Waals surface area contributed by atoms with Crippen LogP contribution in [0.15, 0.2) is 18.2 Å². The van der Waals surface area contributed by atoms with Gasteiger partial charge in [-0.25, -0.2) is 9.40 Å². The smallest absolute Gasteiger partial charge is 0.272 e. The van der Waals surface area contributed by atoms with Crippen molar-refractivity contribution in [3.05, 3.63) is 29.0 Å². The molecule has 1 aliphatic heterocycles. The van der Waals surface area contributed by atoms with E-state index in [4.69, 9.17) is 16.3 Å². The number of amides is 1. The summed E-state index contributed by atoms with van der Waals surface area (Å²) in [6, 6.07) is 3.80. The maximum absolute atomic E-state index is 12.8. The van der Waals surface area contributed by atoms with E-state index in [9.17, 15) is 9.18 Å². The van der Waals surface area contributed by atoms with Crippen LogP contribution in [-0.2, 0) is 4.79 Å². The number of rotatable bonds is 4. The van der Waals surface area contributed by atoms with E-state index in [-0.39, 0.29) is 17.5 Å². The van der Waals surface area contributed by atoms with E-state index in [1.165, 1.54) is 18.6 Å². The van der Waals surface area contributed by atoms with E-state index in [0.29, 0.717) is 5.75 Å². The molecule has 1 heterocycles. The minimum atomic E-state index is -0.435. The van der Waals surface area contributed by atoms with E-state index < -0.39 is 5.82 Å². The second-order valence-corrected chi connectivity index (χ2v) is 4.85. The SMILES string of the molecule is O=C(COc1ccc(F)cc1Cl)NN1CCCCC1. The Hall–Kier alpha value is -1.33. The monoisotopic (exact) mass is 286 g/mol. The topological polar surface area (TPSA) is 41.6 Å². The Balaban J connectivity index is 1.79. The molecule has 1 fully saturated rings. The van der Waals surface area contributed by atoms with Crippen LogP contribution in [0.25, 0.3) is 0 Å². The summed E-state index contributed by atoms with van der Waals surface area (Å²) in [4.78, 5) is 11.7. The van der Waals surface area contributed by atoms with Crippen molar-refractivity contribution in [1.82, 2.24) is 10.4 Å². The van der Waals surface area contributed by atoms with Crippen molar-refractivity contribution in [2.75, 3.05) is 19.7 Å². The third kappa shape index (κ3) is 4.36. The molecule has 19 heavy (non-hydrogen) atoms. The highest BCUT2D eigenvalue weighted by Crippen LogP contribution is 2.24. The van der Waals surface area contributed by atoms with Crippen LogP contribution < -0.4 is 10.2 Å². The zero-order valence-electron chi connectivity index (χ0n) is 10.5. The maximum Gasteiger partial charge on any atom is 0.272 e. The third-order valence-corrected chi connectivity index (χ3v) is 3.19. The van der Waals surface area contributed by atoms with E-state index >= 15 is 0 Å². The average Bonchev–Trinajstić information content (AvgIpc) is 2.39. The summed E-state index contributed by atoms with van der Waals surface area (Å²) >= 11 is 5.80. The highest BCUT2D eigenvalue weighted by molar-refractivity contribution is 6.32. The molecule has 0 bridgehead atoms. The van der Waals surface area contributed by atoms with Crippen LogP contribution in [0.4, 0.5) is 4.39 Å². The first-order chi connectivity index (χ1) is 9.15. The maximum atomic E-state index is 12.8. The Labute approximate surface area is 116 Å². The summed E-state index contributed by atoms with van der Waals surface area (Å²) in [5, 5.41) is 2.05. The van der Waals surface area contributed by atoms with Crippen molar-refractivity contribution < 1.29 is 13.9 Å². The molecule has 0 saturated carbocycles. The van der Waals surface area contributed by atoms with Crippen molar-refractivity contribution >= 4 is 17.5 Å². The summed E-state index contributed by atoms with van der Waals surface area (Å²) in [5.74, 6) is -0.366. The lowest BCUT2D eigenvalue weighted by Crippen LogP contribution is -2.46. The number of nitrogens with one attached hydrogen (secondary N) is 1. The van der Waals surface area contributed by atoms with E-state index in [1.807, 2.05) is 5.01 Å². The molecular weight excluding hydrogens is 271 g/mol. The molecule has 0 radical (unpaired) electrons. The number of carbonyl (C=O) groups excluding carboxylic acids is 1. The number of hydrazine groups is 1. The van der Waals surface area contributed by atoms with E-state index in [1.54, 1.807) is 0 Å². The molecule has 0 aliphatic carbocycles. The van der Waals surface area contributed by atoms with Gasteiger partial charge in [-0.1, -0.05) is 18.0 Å². The third-order valence-electron chi connectivity index (χ3n) is 2.89. The van der Waals surface area contributed by atoms with E-state index in [0.717, 1.165) is 32.0 Å². The van der Waals surface area contributed by atoms with Crippen LogP contribution in [-0.4, -0.2) is 30.6 Å². The number of benzene rings is 1. The normalized spacial score (nSPS) is 16.1. The molecule has 2 rings (SSSR count). The molecule has 6 heteroatoms. The quantitative estimate of drug-likeness (QED) is 0.924. The van der Waals surface area contributed by atoms with Crippen LogP contribution in [0.1, 0.15) is 19.3 Å². The molecule has 0 aromatic heterocycles. The number of hydrogen-bond acceptors (Lipinski definition) is 3. The predicted molar refractivity (Wildman–Crippen MR) is 70.5 cm³/mol. The zero-order valence-corrected chi connectivity index (χ0v) is 11.3. The van der Waals surface area contributed by atoms with Crippen molar-refractivity contribution in [2.45, 2.75) is 19.3 Å². The highest BCUT2D eigenvalue weighted by atomic mass is 35.5. The molecule has 1 saturated heterocycles. The van der Waals surface area contributed by atoms with Gasteiger partial charge in [0.05, 0.1) is 5.02 Å². The number of piperidine rings is 1. The Morgan fingerprint density at radius 3 is 2.79 bits per heavy atom. The Morgan fingerprint density at radius 1 is 1.37 bits per heavy atom. The Morgan fingerprint density at radius 2 is 2.11 bits per heavy atom.